The molecule has 0 saturated heterocycles. The van der Waals surface area contributed by atoms with Crippen LogP contribution in [0.15, 0.2) is 73.8 Å². The Hall–Kier alpha value is -2.69. The highest BCUT2D eigenvalue weighted by Gasteiger charge is 2.31. The monoisotopic (exact) mass is 364 g/mol. The van der Waals surface area contributed by atoms with Crippen molar-refractivity contribution in [3.8, 4) is 11.1 Å². The summed E-state index contributed by atoms with van der Waals surface area (Å²) in [6, 6.07) is 15.7. The van der Waals surface area contributed by atoms with Gasteiger partial charge < -0.3 is 10.4 Å². The Labute approximate surface area is 161 Å². The minimum absolute atomic E-state index is 0.00511. The topological polar surface area (TPSA) is 52.6 Å². The van der Waals surface area contributed by atoms with Crippen LogP contribution in [0.5, 0.6) is 0 Å². The van der Waals surface area contributed by atoms with Crippen LogP contribution >= 0.6 is 0 Å². The first-order chi connectivity index (χ1) is 13.0. The Kier molecular flexibility index (Phi) is 7.11. The van der Waals surface area contributed by atoms with Crippen LogP contribution in [0, 0.1) is 0 Å². The lowest BCUT2D eigenvalue weighted by molar-refractivity contribution is 0.0589. The van der Waals surface area contributed by atoms with Crippen molar-refractivity contribution >= 4 is 5.91 Å². The molecule has 0 aliphatic rings. The van der Waals surface area contributed by atoms with Crippen LogP contribution in [0.25, 0.3) is 11.1 Å². The van der Waals surface area contributed by atoms with Crippen molar-refractivity contribution in [2.45, 2.75) is 12.5 Å². The molecule has 27 heavy (non-hydrogen) atoms. The molecule has 4 heteroatoms. The number of carbonyl (C=O) groups excluding carboxylic acids is 1. The SMILES string of the molecule is C=CCN(CC=C)[C@@](C)(CO)c1ccc(-c2ccc(C(=O)NC)cc2)cc1. The normalized spacial score (nSPS) is 13.0. The predicted octanol–water partition coefficient (Wildman–Crippen LogP) is 3.59. The number of hydrogen-bond donors (Lipinski definition) is 2. The molecule has 1 atom stereocenters. The summed E-state index contributed by atoms with van der Waals surface area (Å²) in [4.78, 5) is 13.8. The lowest BCUT2D eigenvalue weighted by Gasteiger charge is -2.39. The van der Waals surface area contributed by atoms with Gasteiger partial charge in [-0.2, -0.15) is 0 Å². The molecule has 1 amide bonds. The molecule has 0 aliphatic carbocycles. The van der Waals surface area contributed by atoms with E-state index in [-0.39, 0.29) is 12.5 Å². The van der Waals surface area contributed by atoms with Crippen molar-refractivity contribution in [1.29, 1.82) is 0 Å². The van der Waals surface area contributed by atoms with Crippen molar-refractivity contribution in [2.24, 2.45) is 0 Å². The summed E-state index contributed by atoms with van der Waals surface area (Å²) in [6.07, 6.45) is 3.67. The van der Waals surface area contributed by atoms with Gasteiger partial charge in [0.05, 0.1) is 12.1 Å². The smallest absolute Gasteiger partial charge is 0.251 e. The first-order valence-corrected chi connectivity index (χ1v) is 9.01. The molecule has 2 rings (SSSR count). The summed E-state index contributed by atoms with van der Waals surface area (Å²) in [5.74, 6) is -0.0971. The zero-order chi connectivity index (χ0) is 19.9. The van der Waals surface area contributed by atoms with Gasteiger partial charge in [-0.3, -0.25) is 9.69 Å². The molecule has 0 radical (unpaired) electrons. The van der Waals surface area contributed by atoms with Gasteiger partial charge in [0.25, 0.3) is 5.91 Å². The number of amides is 1. The molecule has 0 heterocycles. The quantitative estimate of drug-likeness (QED) is 0.669. The number of aliphatic hydroxyl groups is 1. The highest BCUT2D eigenvalue weighted by atomic mass is 16.3. The highest BCUT2D eigenvalue weighted by Crippen LogP contribution is 2.30. The zero-order valence-corrected chi connectivity index (χ0v) is 16.1. The molecule has 0 spiro atoms. The van der Waals surface area contributed by atoms with Crippen LogP contribution in [-0.4, -0.2) is 42.7 Å². The van der Waals surface area contributed by atoms with Crippen molar-refractivity contribution in [1.82, 2.24) is 10.2 Å². The summed E-state index contributed by atoms with van der Waals surface area (Å²) in [6.45, 7) is 11.0. The number of aliphatic hydroxyl groups excluding tert-OH is 1. The average molecular weight is 364 g/mol. The molecule has 2 aromatic carbocycles. The van der Waals surface area contributed by atoms with E-state index in [9.17, 15) is 9.90 Å². The molecule has 0 fully saturated rings. The van der Waals surface area contributed by atoms with E-state index in [1.807, 2.05) is 67.6 Å². The summed E-state index contributed by atoms with van der Waals surface area (Å²) < 4.78 is 0. The first kappa shape index (κ1) is 20.6. The fourth-order valence-electron chi connectivity index (χ4n) is 3.14. The molecule has 4 nitrogen and oxygen atoms in total. The van der Waals surface area contributed by atoms with Gasteiger partial charge in [0.2, 0.25) is 0 Å². The third kappa shape index (κ3) is 4.54. The Morgan fingerprint density at radius 3 is 1.93 bits per heavy atom. The third-order valence-corrected chi connectivity index (χ3v) is 4.92. The van der Waals surface area contributed by atoms with E-state index < -0.39 is 5.54 Å². The predicted molar refractivity (Wildman–Crippen MR) is 112 cm³/mol. The Morgan fingerprint density at radius 1 is 1.04 bits per heavy atom. The number of hydrogen-bond acceptors (Lipinski definition) is 3. The lowest BCUT2D eigenvalue weighted by Crippen LogP contribution is -2.46. The van der Waals surface area contributed by atoms with Gasteiger partial charge in [-0.15, -0.1) is 13.2 Å². The van der Waals surface area contributed by atoms with E-state index in [0.29, 0.717) is 18.7 Å². The maximum absolute atomic E-state index is 11.7. The van der Waals surface area contributed by atoms with Crippen molar-refractivity contribution in [2.75, 3.05) is 26.7 Å². The second-order valence-electron chi connectivity index (χ2n) is 6.65. The first-order valence-electron chi connectivity index (χ1n) is 9.01. The van der Waals surface area contributed by atoms with E-state index in [2.05, 4.69) is 23.4 Å². The number of nitrogens with one attached hydrogen (secondary N) is 1. The van der Waals surface area contributed by atoms with Crippen molar-refractivity contribution in [3.63, 3.8) is 0 Å². The van der Waals surface area contributed by atoms with E-state index in [1.165, 1.54) is 0 Å². The fraction of sp³-hybridized carbons (Fsp3) is 0.261. The number of nitrogens with zero attached hydrogens (tertiary/aromatic N) is 1. The third-order valence-electron chi connectivity index (χ3n) is 4.92. The van der Waals surface area contributed by atoms with Gasteiger partial charge in [-0.25, -0.2) is 0 Å². The molecule has 142 valence electrons. The lowest BCUT2D eigenvalue weighted by atomic mass is 9.89. The second kappa shape index (κ2) is 9.31. The number of rotatable bonds is 9. The van der Waals surface area contributed by atoms with Crippen LogP contribution in [0.4, 0.5) is 0 Å². The van der Waals surface area contributed by atoms with Gasteiger partial charge in [-0.05, 0) is 35.7 Å². The van der Waals surface area contributed by atoms with Crippen LogP contribution < -0.4 is 5.32 Å². The molecule has 2 N–H and O–H groups in total. The Balaban J connectivity index is 2.30. The summed E-state index contributed by atoms with van der Waals surface area (Å²) in [5.41, 5.74) is 3.23. The van der Waals surface area contributed by atoms with E-state index in [1.54, 1.807) is 7.05 Å². The van der Waals surface area contributed by atoms with Crippen LogP contribution in [0.1, 0.15) is 22.8 Å². The molecular formula is C23H28N2O2. The molecule has 0 aromatic heterocycles. The highest BCUT2D eigenvalue weighted by molar-refractivity contribution is 5.94. The van der Waals surface area contributed by atoms with Gasteiger partial charge in [0.15, 0.2) is 0 Å². The maximum Gasteiger partial charge on any atom is 0.251 e. The van der Waals surface area contributed by atoms with Gasteiger partial charge in [-0.1, -0.05) is 48.6 Å². The molecule has 0 bridgehead atoms. The molecule has 0 saturated carbocycles. The van der Waals surface area contributed by atoms with Gasteiger partial charge in [0.1, 0.15) is 0 Å². The molecule has 0 unspecified atom stereocenters. The largest absolute Gasteiger partial charge is 0.394 e. The van der Waals surface area contributed by atoms with Crippen LogP contribution in [-0.2, 0) is 5.54 Å². The van der Waals surface area contributed by atoms with E-state index in [0.717, 1.165) is 16.7 Å². The van der Waals surface area contributed by atoms with Crippen LogP contribution in [0.2, 0.25) is 0 Å². The Morgan fingerprint density at radius 2 is 1.52 bits per heavy atom. The van der Waals surface area contributed by atoms with Gasteiger partial charge >= 0.3 is 0 Å². The zero-order valence-electron chi connectivity index (χ0n) is 16.1. The fourth-order valence-corrected chi connectivity index (χ4v) is 3.14. The van der Waals surface area contributed by atoms with E-state index >= 15 is 0 Å². The Bertz CT molecular complexity index is 771. The minimum Gasteiger partial charge on any atom is -0.394 e. The summed E-state index contributed by atoms with van der Waals surface area (Å²) >= 11 is 0. The van der Waals surface area contributed by atoms with E-state index in [4.69, 9.17) is 0 Å². The molecule has 2 aromatic rings. The van der Waals surface area contributed by atoms with Gasteiger partial charge in [0, 0.05) is 25.7 Å². The number of carbonyl (C=O) groups is 1. The molecule has 0 aliphatic heterocycles. The minimum atomic E-state index is -0.524. The standard InChI is InChI=1S/C23H28N2O2/c1-5-15-25(16-6-2)23(3,17-26)21-13-11-19(12-14-21)18-7-9-20(10-8-18)22(27)24-4/h5-14,26H,1-2,15-17H2,3-4H3,(H,24,27)/t23-/m0/s1. The number of benzene rings is 2. The van der Waals surface area contributed by atoms with Crippen molar-refractivity contribution in [3.05, 3.63) is 85.0 Å². The molecular weight excluding hydrogens is 336 g/mol. The second-order valence-corrected chi connectivity index (χ2v) is 6.65. The average Bonchev–Trinajstić information content (AvgIpc) is 2.72. The maximum atomic E-state index is 11.7. The summed E-state index contributed by atoms with van der Waals surface area (Å²) in [5, 5.41) is 12.7. The van der Waals surface area contributed by atoms with Crippen molar-refractivity contribution < 1.29 is 9.90 Å². The van der Waals surface area contributed by atoms with Crippen LogP contribution in [0.3, 0.4) is 0 Å². The summed E-state index contributed by atoms with van der Waals surface area (Å²) in [7, 11) is 1.62.